The van der Waals surface area contributed by atoms with E-state index in [-0.39, 0.29) is 0 Å². The summed E-state index contributed by atoms with van der Waals surface area (Å²) in [7, 11) is 0. The second-order valence-electron chi connectivity index (χ2n) is 16.3. The Labute approximate surface area is 370 Å². The van der Waals surface area contributed by atoms with Crippen LogP contribution in [0.3, 0.4) is 0 Å². The average molecular weight is 822 g/mol. The van der Waals surface area contributed by atoms with Crippen LogP contribution in [0.2, 0.25) is 0 Å². The van der Waals surface area contributed by atoms with E-state index in [1.165, 1.54) is 75.8 Å². The van der Waals surface area contributed by atoms with Gasteiger partial charge < -0.3 is 0 Å². The third-order valence-electron chi connectivity index (χ3n) is 12.5. The summed E-state index contributed by atoms with van der Waals surface area (Å²) in [6, 6.07) is 76.5. The molecule has 1 aliphatic rings. The average Bonchev–Trinajstić information content (AvgIpc) is 3.74. The van der Waals surface area contributed by atoms with E-state index < -0.39 is 0 Å². The van der Waals surface area contributed by atoms with Gasteiger partial charge in [0.05, 0.1) is 0 Å². The molecule has 2 heterocycles. The molecule has 1 aliphatic carbocycles. The van der Waals surface area contributed by atoms with Gasteiger partial charge in [0.2, 0.25) is 0 Å². The lowest BCUT2D eigenvalue weighted by molar-refractivity contribution is 1.07. The molecule has 0 atom stereocenters. The van der Waals surface area contributed by atoms with Crippen molar-refractivity contribution >= 4 is 31.5 Å². The Morgan fingerprint density at radius 1 is 0.286 bits per heavy atom. The smallest absolute Gasteiger partial charge is 0.164 e. The van der Waals surface area contributed by atoms with E-state index in [0.29, 0.717) is 17.5 Å². The first kappa shape index (κ1) is 37.0. The topological polar surface area (TPSA) is 38.7 Å². The molecule has 0 fully saturated rings. The molecule has 0 spiro atoms. The Kier molecular flexibility index (Phi) is 9.16. The van der Waals surface area contributed by atoms with E-state index in [1.807, 2.05) is 29.5 Å². The second kappa shape index (κ2) is 15.6. The lowest BCUT2D eigenvalue weighted by atomic mass is 9.83. The van der Waals surface area contributed by atoms with Crippen LogP contribution >= 0.6 is 11.3 Å². The molecule has 11 aromatic rings. The fraction of sp³-hybridized carbons (Fsp3) is 0.0339. The molecular weight excluding hydrogens is 783 g/mol. The Balaban J connectivity index is 0.932. The standard InChI is InChI=1S/C59H39N3S/c1-2-14-39(15-3-1)57-60-58(62-59(61-57)46-20-12-19-45(36-46)52-25-13-27-55-56(52)53-24-10-11-26-54(53)63-55)40-30-28-38(29-31-40)41-32-33-51-47(34-41)37-44-18-6-8-22-49(44)48-21-7-4-16-42(48)35-43-17-5-9-23-50(43)51/h1-34,36H,35,37H2. The highest BCUT2D eigenvalue weighted by atomic mass is 32.1. The minimum Gasteiger partial charge on any atom is -0.208 e. The van der Waals surface area contributed by atoms with E-state index in [4.69, 9.17) is 15.0 Å². The fourth-order valence-electron chi connectivity index (χ4n) is 9.41. The molecule has 0 amide bonds. The summed E-state index contributed by atoms with van der Waals surface area (Å²) in [5.41, 5.74) is 18.0. The van der Waals surface area contributed by atoms with Gasteiger partial charge in [-0.15, -0.1) is 11.3 Å². The lowest BCUT2D eigenvalue weighted by Crippen LogP contribution is -2.02. The predicted molar refractivity (Wildman–Crippen MR) is 263 cm³/mol. The maximum Gasteiger partial charge on any atom is 0.164 e. The maximum absolute atomic E-state index is 5.17. The summed E-state index contributed by atoms with van der Waals surface area (Å²) in [4.78, 5) is 15.3. The van der Waals surface area contributed by atoms with Crippen LogP contribution < -0.4 is 0 Å². The van der Waals surface area contributed by atoms with Crippen LogP contribution in [-0.4, -0.2) is 15.0 Å². The summed E-state index contributed by atoms with van der Waals surface area (Å²) in [5, 5.41) is 2.57. The van der Waals surface area contributed by atoms with Crippen molar-refractivity contribution in [3.05, 3.63) is 235 Å². The predicted octanol–water partition coefficient (Wildman–Crippen LogP) is 15.4. The van der Waals surface area contributed by atoms with Gasteiger partial charge in [0.1, 0.15) is 0 Å². The zero-order chi connectivity index (χ0) is 41.7. The Hall–Kier alpha value is -7.79. The van der Waals surface area contributed by atoms with E-state index in [9.17, 15) is 0 Å². The maximum atomic E-state index is 5.17. The highest BCUT2D eigenvalue weighted by Gasteiger charge is 2.20. The summed E-state index contributed by atoms with van der Waals surface area (Å²) in [6.07, 6.45) is 1.71. The first-order valence-electron chi connectivity index (χ1n) is 21.5. The van der Waals surface area contributed by atoms with Crippen molar-refractivity contribution in [3.8, 4) is 78.7 Å². The van der Waals surface area contributed by atoms with E-state index in [0.717, 1.165) is 40.7 Å². The Bertz CT molecular complexity index is 3510. The number of rotatable bonds is 5. The van der Waals surface area contributed by atoms with Crippen molar-refractivity contribution in [3.63, 3.8) is 0 Å². The summed E-state index contributed by atoms with van der Waals surface area (Å²) >= 11 is 1.84. The number of hydrogen-bond donors (Lipinski definition) is 0. The van der Waals surface area contributed by atoms with E-state index in [2.05, 4.69) is 194 Å². The molecule has 12 rings (SSSR count). The first-order valence-corrected chi connectivity index (χ1v) is 22.3. The van der Waals surface area contributed by atoms with E-state index in [1.54, 1.807) is 0 Å². The van der Waals surface area contributed by atoms with Crippen molar-refractivity contribution in [1.29, 1.82) is 0 Å². The molecule has 296 valence electrons. The molecule has 0 saturated heterocycles. The van der Waals surface area contributed by atoms with Crippen LogP contribution in [0.15, 0.2) is 212 Å². The van der Waals surface area contributed by atoms with Crippen molar-refractivity contribution in [1.82, 2.24) is 15.0 Å². The van der Waals surface area contributed by atoms with Crippen LogP contribution in [-0.2, 0) is 12.8 Å². The van der Waals surface area contributed by atoms with Crippen LogP contribution in [0.25, 0.3) is 98.8 Å². The van der Waals surface area contributed by atoms with Gasteiger partial charge in [0.25, 0.3) is 0 Å². The van der Waals surface area contributed by atoms with Crippen LogP contribution in [0, 0.1) is 0 Å². The summed E-state index contributed by atoms with van der Waals surface area (Å²) in [5.74, 6) is 1.93. The molecule has 0 aliphatic heterocycles. The monoisotopic (exact) mass is 821 g/mol. The molecule has 63 heavy (non-hydrogen) atoms. The van der Waals surface area contributed by atoms with Gasteiger partial charge >= 0.3 is 0 Å². The second-order valence-corrected chi connectivity index (χ2v) is 17.4. The largest absolute Gasteiger partial charge is 0.208 e. The zero-order valence-corrected chi connectivity index (χ0v) is 35.2. The molecule has 0 unspecified atom stereocenters. The first-order chi connectivity index (χ1) is 31.2. The van der Waals surface area contributed by atoms with Crippen molar-refractivity contribution < 1.29 is 0 Å². The summed E-state index contributed by atoms with van der Waals surface area (Å²) < 4.78 is 2.58. The molecule has 2 aromatic heterocycles. The lowest BCUT2D eigenvalue weighted by Gasteiger charge is -2.21. The quantitative estimate of drug-likeness (QED) is 0.174. The number of benzene rings is 9. The number of nitrogens with zero attached hydrogens (tertiary/aromatic N) is 3. The highest BCUT2D eigenvalue weighted by Crippen LogP contribution is 2.42. The van der Waals surface area contributed by atoms with Gasteiger partial charge in [-0.25, -0.2) is 15.0 Å². The van der Waals surface area contributed by atoms with Crippen LogP contribution in [0.1, 0.15) is 22.3 Å². The number of aromatic nitrogens is 3. The third-order valence-corrected chi connectivity index (χ3v) is 13.6. The molecule has 9 aromatic carbocycles. The van der Waals surface area contributed by atoms with Gasteiger partial charge in [-0.3, -0.25) is 0 Å². The molecule has 4 heteroatoms. The Morgan fingerprint density at radius 2 is 0.746 bits per heavy atom. The molecule has 0 N–H and O–H groups in total. The zero-order valence-electron chi connectivity index (χ0n) is 34.4. The molecule has 0 saturated carbocycles. The fourth-order valence-corrected chi connectivity index (χ4v) is 10.5. The van der Waals surface area contributed by atoms with Gasteiger partial charge in [-0.2, -0.15) is 0 Å². The van der Waals surface area contributed by atoms with Crippen molar-refractivity contribution in [2.45, 2.75) is 12.8 Å². The van der Waals surface area contributed by atoms with Gasteiger partial charge in [-0.1, -0.05) is 194 Å². The SMILES string of the molecule is c1ccc(-c2nc(-c3ccc(-c4ccc5c(c4)Cc4ccccc4-c4ccccc4Cc4ccccc4-5)cc3)nc(-c3cccc(-c4cccc5sc6ccccc6c45)c3)n2)cc1. The molecular formula is C59H39N3S. The number of fused-ring (bicyclic) bond motifs is 9. The minimum absolute atomic E-state index is 0.640. The minimum atomic E-state index is 0.640. The van der Waals surface area contributed by atoms with Crippen molar-refractivity contribution in [2.75, 3.05) is 0 Å². The summed E-state index contributed by atoms with van der Waals surface area (Å²) in [6.45, 7) is 0. The van der Waals surface area contributed by atoms with Gasteiger partial charge in [-0.05, 0) is 97.8 Å². The Morgan fingerprint density at radius 3 is 1.44 bits per heavy atom. The number of thiophene rings is 1. The number of hydrogen-bond acceptors (Lipinski definition) is 4. The van der Waals surface area contributed by atoms with E-state index >= 15 is 0 Å². The van der Waals surface area contributed by atoms with Crippen LogP contribution in [0.4, 0.5) is 0 Å². The molecule has 3 nitrogen and oxygen atoms in total. The normalized spacial score (nSPS) is 12.0. The van der Waals surface area contributed by atoms with Crippen LogP contribution in [0.5, 0.6) is 0 Å². The third kappa shape index (κ3) is 6.82. The highest BCUT2D eigenvalue weighted by molar-refractivity contribution is 7.25. The van der Waals surface area contributed by atoms with Crippen molar-refractivity contribution in [2.24, 2.45) is 0 Å². The molecule has 0 bridgehead atoms. The molecule has 0 radical (unpaired) electrons. The van der Waals surface area contributed by atoms with Gasteiger partial charge in [0, 0.05) is 36.9 Å². The van der Waals surface area contributed by atoms with Gasteiger partial charge in [0.15, 0.2) is 17.5 Å².